The minimum atomic E-state index is -0.855. The number of unbranched alkanes of at least 4 members (excludes halogenated alkanes) is 1. The van der Waals surface area contributed by atoms with Crippen molar-refractivity contribution in [1.29, 1.82) is 0 Å². The summed E-state index contributed by atoms with van der Waals surface area (Å²) in [5.74, 6) is 0.836. The summed E-state index contributed by atoms with van der Waals surface area (Å²) in [6.07, 6.45) is 2.72. The minimum absolute atomic E-state index is 0.364. The molecule has 0 saturated carbocycles. The summed E-state index contributed by atoms with van der Waals surface area (Å²) in [7, 11) is 1.61. The smallest absolute Gasteiger partial charge is 0.347 e. The largest absolute Gasteiger partial charge is 0.497 e. The molecule has 0 spiro atoms. The second-order valence-electron chi connectivity index (χ2n) is 8.79. The van der Waals surface area contributed by atoms with Crippen molar-refractivity contribution in [3.05, 3.63) is 54.1 Å². The van der Waals surface area contributed by atoms with Gasteiger partial charge in [0.2, 0.25) is 0 Å². The molecule has 2 atom stereocenters. The van der Waals surface area contributed by atoms with Gasteiger partial charge in [-0.2, -0.15) is 0 Å². The predicted octanol–water partition coefficient (Wildman–Crippen LogP) is 5.33. The van der Waals surface area contributed by atoms with E-state index in [-0.39, 0.29) is 5.97 Å². The van der Waals surface area contributed by atoms with E-state index in [1.165, 1.54) is 0 Å². The van der Waals surface area contributed by atoms with Gasteiger partial charge < -0.3 is 24.1 Å². The van der Waals surface area contributed by atoms with Gasteiger partial charge in [-0.05, 0) is 67.6 Å². The Balaban J connectivity index is 2.01. The first-order valence-electron chi connectivity index (χ1n) is 13.1. The van der Waals surface area contributed by atoms with E-state index < -0.39 is 18.1 Å². The van der Waals surface area contributed by atoms with Gasteiger partial charge in [0, 0.05) is 13.1 Å². The number of hydrogen-bond donors (Lipinski definition) is 1. The number of carboxylic acids is 1. The van der Waals surface area contributed by atoms with E-state index >= 15 is 0 Å². The molecule has 2 aromatic rings. The van der Waals surface area contributed by atoms with E-state index in [0.717, 1.165) is 29.9 Å². The summed E-state index contributed by atoms with van der Waals surface area (Å²) < 4.78 is 22.2. The zero-order valence-electron chi connectivity index (χ0n) is 22.5. The van der Waals surface area contributed by atoms with E-state index in [0.29, 0.717) is 51.3 Å². The Morgan fingerprint density at radius 1 is 0.919 bits per heavy atom. The first-order valence-corrected chi connectivity index (χ1v) is 13.1. The number of nitrogens with zero attached hydrogens (tertiary/aromatic N) is 1. The van der Waals surface area contributed by atoms with Gasteiger partial charge in [-0.25, -0.2) is 4.79 Å². The van der Waals surface area contributed by atoms with Crippen molar-refractivity contribution in [2.45, 2.75) is 71.6 Å². The molecule has 8 nitrogen and oxygen atoms in total. The lowest BCUT2D eigenvalue weighted by molar-refractivity contribution is -0.152. The Morgan fingerprint density at radius 2 is 1.65 bits per heavy atom. The van der Waals surface area contributed by atoms with E-state index in [9.17, 15) is 14.7 Å². The molecule has 2 rings (SSSR count). The van der Waals surface area contributed by atoms with Gasteiger partial charge in [0.25, 0.3) is 0 Å². The van der Waals surface area contributed by atoms with Crippen LogP contribution in [0.25, 0.3) is 0 Å². The molecule has 0 aliphatic rings. The molecule has 0 aromatic heterocycles. The maximum absolute atomic E-state index is 12.4. The second kappa shape index (κ2) is 16.5. The van der Waals surface area contributed by atoms with Crippen molar-refractivity contribution < 1.29 is 33.6 Å². The quantitative estimate of drug-likeness (QED) is 0.210. The fraction of sp³-hybridized carbons (Fsp3) is 0.517. The third-order valence-electron chi connectivity index (χ3n) is 5.97. The summed E-state index contributed by atoms with van der Waals surface area (Å²) >= 11 is 0. The maximum Gasteiger partial charge on any atom is 0.347 e. The first-order chi connectivity index (χ1) is 17.9. The third kappa shape index (κ3) is 10.3. The molecule has 0 aliphatic heterocycles. The average Bonchev–Trinajstić information content (AvgIpc) is 2.90. The number of aliphatic carboxylic acids is 1. The van der Waals surface area contributed by atoms with Crippen LogP contribution >= 0.6 is 0 Å². The lowest BCUT2D eigenvalue weighted by Gasteiger charge is -2.28. The number of carbonyl (C=O) groups is 2. The zero-order valence-corrected chi connectivity index (χ0v) is 22.5. The average molecular weight is 516 g/mol. The number of rotatable bonds is 18. The molecule has 0 radical (unpaired) electrons. The van der Waals surface area contributed by atoms with Crippen LogP contribution in [0, 0.1) is 0 Å². The summed E-state index contributed by atoms with van der Waals surface area (Å²) in [4.78, 5) is 26.3. The highest BCUT2D eigenvalue weighted by atomic mass is 16.6. The van der Waals surface area contributed by atoms with E-state index in [2.05, 4.69) is 0 Å². The van der Waals surface area contributed by atoms with Gasteiger partial charge in [-0.1, -0.05) is 39.3 Å². The third-order valence-corrected chi connectivity index (χ3v) is 5.97. The SMILES string of the molecule is CCCCOC(=O)[C@@H](CC)Oc1cccc(CN(CCCOc2ccc(OC)cc2)[C@H](CC)C(=O)O)c1. The minimum Gasteiger partial charge on any atom is -0.497 e. The van der Waals surface area contributed by atoms with Crippen LogP contribution in [-0.2, 0) is 20.9 Å². The van der Waals surface area contributed by atoms with Crippen molar-refractivity contribution in [1.82, 2.24) is 4.90 Å². The second-order valence-corrected chi connectivity index (χ2v) is 8.79. The lowest BCUT2D eigenvalue weighted by atomic mass is 10.1. The molecule has 0 aliphatic carbocycles. The highest BCUT2D eigenvalue weighted by molar-refractivity contribution is 5.75. The Kier molecular flexibility index (Phi) is 13.3. The van der Waals surface area contributed by atoms with Crippen molar-refractivity contribution in [3.8, 4) is 17.2 Å². The topological polar surface area (TPSA) is 94.5 Å². The molecule has 0 heterocycles. The molecule has 2 aromatic carbocycles. The van der Waals surface area contributed by atoms with Crippen LogP contribution in [0.4, 0.5) is 0 Å². The van der Waals surface area contributed by atoms with E-state index in [1.54, 1.807) is 13.2 Å². The summed E-state index contributed by atoms with van der Waals surface area (Å²) in [6.45, 7) is 7.62. The van der Waals surface area contributed by atoms with Gasteiger partial charge >= 0.3 is 11.9 Å². The van der Waals surface area contributed by atoms with Gasteiger partial charge in [0.1, 0.15) is 23.3 Å². The Hall–Kier alpha value is -3.26. The molecular formula is C29H41NO7. The molecule has 0 unspecified atom stereocenters. The number of benzene rings is 2. The predicted molar refractivity (Wildman–Crippen MR) is 142 cm³/mol. The Labute approximate surface area is 220 Å². The molecule has 0 bridgehead atoms. The number of methoxy groups -OCH3 is 1. The number of esters is 1. The van der Waals surface area contributed by atoms with Crippen LogP contribution in [0.2, 0.25) is 0 Å². The summed E-state index contributed by atoms with van der Waals surface area (Å²) in [6, 6.07) is 14.2. The van der Waals surface area contributed by atoms with Crippen LogP contribution < -0.4 is 14.2 Å². The van der Waals surface area contributed by atoms with Crippen molar-refractivity contribution in [2.24, 2.45) is 0 Å². The van der Waals surface area contributed by atoms with Crippen LogP contribution in [0.5, 0.6) is 17.2 Å². The highest BCUT2D eigenvalue weighted by Crippen LogP contribution is 2.21. The van der Waals surface area contributed by atoms with Gasteiger partial charge in [0.05, 0.1) is 20.3 Å². The zero-order chi connectivity index (χ0) is 27.0. The highest BCUT2D eigenvalue weighted by Gasteiger charge is 2.24. The van der Waals surface area contributed by atoms with E-state index in [1.807, 2.05) is 68.1 Å². The monoisotopic (exact) mass is 515 g/mol. The number of carboxylic acid groups (broad SMARTS) is 1. The van der Waals surface area contributed by atoms with Gasteiger partial charge in [-0.3, -0.25) is 9.69 Å². The van der Waals surface area contributed by atoms with Crippen LogP contribution in [-0.4, -0.2) is 61.0 Å². The molecule has 0 saturated heterocycles. The molecule has 0 fully saturated rings. The normalized spacial score (nSPS) is 12.6. The Morgan fingerprint density at radius 3 is 2.27 bits per heavy atom. The van der Waals surface area contributed by atoms with Crippen LogP contribution in [0.3, 0.4) is 0 Å². The number of hydrogen-bond acceptors (Lipinski definition) is 7. The fourth-order valence-corrected chi connectivity index (χ4v) is 3.89. The maximum atomic E-state index is 12.4. The fourth-order valence-electron chi connectivity index (χ4n) is 3.89. The molecule has 8 heteroatoms. The van der Waals surface area contributed by atoms with Crippen LogP contribution in [0.15, 0.2) is 48.5 Å². The molecule has 37 heavy (non-hydrogen) atoms. The van der Waals surface area contributed by atoms with Gasteiger partial charge in [0.15, 0.2) is 6.10 Å². The molecule has 1 N–H and O–H groups in total. The molecule has 204 valence electrons. The molecule has 0 amide bonds. The van der Waals surface area contributed by atoms with Crippen molar-refractivity contribution in [3.63, 3.8) is 0 Å². The summed E-state index contributed by atoms with van der Waals surface area (Å²) in [5, 5.41) is 9.80. The van der Waals surface area contributed by atoms with Gasteiger partial charge in [-0.15, -0.1) is 0 Å². The lowest BCUT2D eigenvalue weighted by Crippen LogP contribution is -2.41. The van der Waals surface area contributed by atoms with E-state index in [4.69, 9.17) is 18.9 Å². The standard InChI is InChI=1S/C29H41NO7/c1-5-8-18-36-29(33)27(7-3)37-25-12-9-11-22(20-25)21-30(26(6-2)28(31)32)17-10-19-35-24-15-13-23(34-4)14-16-24/h9,11-16,20,26-27H,5-8,10,17-19,21H2,1-4H3,(H,31,32)/t26-,27-/m1/s1. The van der Waals surface area contributed by atoms with Crippen molar-refractivity contribution >= 4 is 11.9 Å². The molecular weight excluding hydrogens is 474 g/mol. The summed E-state index contributed by atoms with van der Waals surface area (Å²) in [5.41, 5.74) is 0.905. The Bertz CT molecular complexity index is 948. The first kappa shape index (κ1) is 30.0. The number of carbonyl (C=O) groups excluding carboxylic acids is 1. The van der Waals surface area contributed by atoms with Crippen LogP contribution in [0.1, 0.15) is 58.4 Å². The number of ether oxygens (including phenoxy) is 4. The van der Waals surface area contributed by atoms with Crippen molar-refractivity contribution in [2.75, 3.05) is 26.9 Å².